The van der Waals surface area contributed by atoms with Crippen LogP contribution in [-0.2, 0) is 0 Å². The van der Waals surface area contributed by atoms with Crippen LogP contribution < -0.4 is 16.2 Å². The molecule has 0 saturated carbocycles. The molecule has 0 bridgehead atoms. The van der Waals surface area contributed by atoms with Gasteiger partial charge in [-0.3, -0.25) is 0 Å². The van der Waals surface area contributed by atoms with Crippen molar-refractivity contribution in [1.29, 1.82) is 0 Å². The molecule has 0 unspecified atom stereocenters. The zero-order chi connectivity index (χ0) is 8.27. The highest BCUT2D eigenvalue weighted by molar-refractivity contribution is 5.52. The Hall–Kier alpha value is -1.45. The van der Waals surface area contributed by atoms with Gasteiger partial charge in [0.1, 0.15) is 5.82 Å². The fourth-order valence-electron chi connectivity index (χ4n) is 0.718. The van der Waals surface area contributed by atoms with Crippen molar-refractivity contribution in [3.05, 3.63) is 12.1 Å². The Morgan fingerprint density at radius 1 is 1.45 bits per heavy atom. The van der Waals surface area contributed by atoms with E-state index in [0.717, 1.165) is 0 Å². The fraction of sp³-hybridized carbons (Fsp3) is 0.286. The lowest BCUT2D eigenvalue weighted by molar-refractivity contribution is 0.329. The van der Waals surface area contributed by atoms with Crippen molar-refractivity contribution >= 4 is 11.5 Å². The van der Waals surface area contributed by atoms with Crippen molar-refractivity contribution in [2.24, 2.45) is 0 Å². The third-order valence-electron chi connectivity index (χ3n) is 1.19. The van der Waals surface area contributed by atoms with Gasteiger partial charge in [0.15, 0.2) is 0 Å². The molecule has 0 aliphatic heterocycles. The van der Waals surface area contributed by atoms with Crippen molar-refractivity contribution < 1.29 is 4.74 Å². The molecule has 0 aliphatic rings. The number of hydrogen-bond donors (Lipinski definition) is 2. The molecule has 1 rings (SSSR count). The lowest BCUT2D eigenvalue weighted by Gasteiger charge is -2.04. The smallest absolute Gasteiger partial charge is 0.239 e. The highest BCUT2D eigenvalue weighted by Gasteiger charge is 1.99. The summed E-state index contributed by atoms with van der Waals surface area (Å²) in [6.07, 6.45) is 0. The molecule has 0 radical (unpaired) electrons. The van der Waals surface area contributed by atoms with Gasteiger partial charge in [-0.15, -0.1) is 0 Å². The summed E-state index contributed by atoms with van der Waals surface area (Å²) < 4.78 is 5.10. The van der Waals surface area contributed by atoms with Crippen molar-refractivity contribution in [1.82, 2.24) is 4.98 Å². The van der Waals surface area contributed by atoms with Crippen LogP contribution in [0.15, 0.2) is 12.1 Å². The van der Waals surface area contributed by atoms with Crippen molar-refractivity contribution in [3.8, 4) is 5.88 Å². The summed E-state index contributed by atoms with van der Waals surface area (Å²) in [5, 5.41) is 0. The lowest BCUT2D eigenvalue weighted by Crippen LogP contribution is -2.01. The molecule has 0 spiro atoms. The zero-order valence-electron chi connectivity index (χ0n) is 6.37. The van der Waals surface area contributed by atoms with E-state index in [2.05, 4.69) is 4.98 Å². The Bertz CT molecular complexity index is 249. The topological polar surface area (TPSA) is 74.2 Å². The normalized spacial score (nSPS) is 9.55. The van der Waals surface area contributed by atoms with E-state index in [1.807, 2.05) is 6.92 Å². The summed E-state index contributed by atoms with van der Waals surface area (Å²) in [5.74, 6) is 0.829. The van der Waals surface area contributed by atoms with Crippen LogP contribution in [0.25, 0.3) is 0 Å². The highest BCUT2D eigenvalue weighted by Crippen LogP contribution is 2.18. The first-order valence-corrected chi connectivity index (χ1v) is 3.39. The molecule has 1 heterocycles. The van der Waals surface area contributed by atoms with Crippen LogP contribution in [0.1, 0.15) is 6.92 Å². The van der Waals surface area contributed by atoms with E-state index in [4.69, 9.17) is 16.2 Å². The van der Waals surface area contributed by atoms with Crippen LogP contribution >= 0.6 is 0 Å². The van der Waals surface area contributed by atoms with Gasteiger partial charge in [-0.2, -0.15) is 4.98 Å². The second-order valence-corrected chi connectivity index (χ2v) is 2.06. The Balaban J connectivity index is 2.93. The molecular formula is C7H11N3O. The maximum atomic E-state index is 5.53. The number of anilines is 2. The Kier molecular flexibility index (Phi) is 2.15. The predicted octanol–water partition coefficient (Wildman–Crippen LogP) is 0.645. The number of rotatable bonds is 2. The first-order valence-electron chi connectivity index (χ1n) is 3.39. The SMILES string of the molecule is CCOc1nc(N)ccc1N. The van der Waals surface area contributed by atoms with E-state index >= 15 is 0 Å². The largest absolute Gasteiger partial charge is 0.476 e. The van der Waals surface area contributed by atoms with Gasteiger partial charge in [-0.1, -0.05) is 0 Å². The van der Waals surface area contributed by atoms with Gasteiger partial charge < -0.3 is 16.2 Å². The number of nitrogens with two attached hydrogens (primary N) is 2. The zero-order valence-corrected chi connectivity index (χ0v) is 6.37. The van der Waals surface area contributed by atoms with Crippen LogP contribution in [0.2, 0.25) is 0 Å². The second-order valence-electron chi connectivity index (χ2n) is 2.06. The van der Waals surface area contributed by atoms with Crippen molar-refractivity contribution in [2.75, 3.05) is 18.1 Å². The second kappa shape index (κ2) is 3.09. The summed E-state index contributed by atoms with van der Waals surface area (Å²) >= 11 is 0. The number of nitrogen functional groups attached to an aromatic ring is 2. The molecule has 4 nitrogen and oxygen atoms in total. The molecule has 0 aromatic carbocycles. The summed E-state index contributed by atoms with van der Waals surface area (Å²) in [5.41, 5.74) is 11.5. The fourth-order valence-corrected chi connectivity index (χ4v) is 0.718. The summed E-state index contributed by atoms with van der Waals surface area (Å²) in [4.78, 5) is 3.89. The van der Waals surface area contributed by atoms with E-state index in [1.165, 1.54) is 0 Å². The third-order valence-corrected chi connectivity index (χ3v) is 1.19. The van der Waals surface area contributed by atoms with Gasteiger partial charge in [-0.05, 0) is 19.1 Å². The number of nitrogens with zero attached hydrogens (tertiary/aromatic N) is 1. The molecule has 4 N–H and O–H groups in total. The van der Waals surface area contributed by atoms with Crippen LogP contribution in [0, 0.1) is 0 Å². The maximum Gasteiger partial charge on any atom is 0.239 e. The van der Waals surface area contributed by atoms with Gasteiger partial charge in [0.05, 0.1) is 12.3 Å². The van der Waals surface area contributed by atoms with Gasteiger partial charge in [-0.25, -0.2) is 0 Å². The predicted molar refractivity (Wildman–Crippen MR) is 44.2 cm³/mol. The molecule has 0 amide bonds. The van der Waals surface area contributed by atoms with E-state index in [1.54, 1.807) is 12.1 Å². The Labute approximate surface area is 65.2 Å². The van der Waals surface area contributed by atoms with Gasteiger partial charge >= 0.3 is 0 Å². The Morgan fingerprint density at radius 3 is 2.82 bits per heavy atom. The number of ether oxygens (including phenoxy) is 1. The molecular weight excluding hydrogens is 142 g/mol. The molecule has 0 fully saturated rings. The molecule has 4 heteroatoms. The van der Waals surface area contributed by atoms with E-state index in [0.29, 0.717) is 24.0 Å². The number of aromatic nitrogens is 1. The monoisotopic (exact) mass is 153 g/mol. The first kappa shape index (κ1) is 7.65. The average molecular weight is 153 g/mol. The van der Waals surface area contributed by atoms with Crippen LogP contribution in [0.3, 0.4) is 0 Å². The van der Waals surface area contributed by atoms with Crippen molar-refractivity contribution in [2.45, 2.75) is 6.92 Å². The molecule has 11 heavy (non-hydrogen) atoms. The van der Waals surface area contributed by atoms with Crippen LogP contribution in [0.5, 0.6) is 5.88 Å². The molecule has 0 atom stereocenters. The standard InChI is InChI=1S/C7H11N3O/c1-2-11-7-5(8)3-4-6(9)10-7/h3-4H,2,8H2,1H3,(H2,9,10). The van der Waals surface area contributed by atoms with Crippen LogP contribution in [0.4, 0.5) is 11.5 Å². The minimum atomic E-state index is 0.410. The van der Waals surface area contributed by atoms with Gasteiger partial charge in [0.2, 0.25) is 5.88 Å². The summed E-state index contributed by atoms with van der Waals surface area (Å²) in [6.45, 7) is 2.41. The third kappa shape index (κ3) is 1.73. The molecule has 1 aromatic rings. The molecule has 0 aliphatic carbocycles. The van der Waals surface area contributed by atoms with E-state index in [9.17, 15) is 0 Å². The number of pyridine rings is 1. The minimum absolute atomic E-state index is 0.410. The summed E-state index contributed by atoms with van der Waals surface area (Å²) in [7, 11) is 0. The maximum absolute atomic E-state index is 5.53. The van der Waals surface area contributed by atoms with Crippen molar-refractivity contribution in [3.63, 3.8) is 0 Å². The molecule has 1 aromatic heterocycles. The van der Waals surface area contributed by atoms with E-state index < -0.39 is 0 Å². The average Bonchev–Trinajstić information content (AvgIpc) is 1.98. The highest BCUT2D eigenvalue weighted by atomic mass is 16.5. The van der Waals surface area contributed by atoms with Gasteiger partial charge in [0.25, 0.3) is 0 Å². The Morgan fingerprint density at radius 2 is 2.18 bits per heavy atom. The minimum Gasteiger partial charge on any atom is -0.476 e. The lowest BCUT2D eigenvalue weighted by atomic mass is 10.4. The molecule has 0 saturated heterocycles. The van der Waals surface area contributed by atoms with Crippen LogP contribution in [-0.4, -0.2) is 11.6 Å². The summed E-state index contributed by atoms with van der Waals surface area (Å²) in [6, 6.07) is 3.31. The van der Waals surface area contributed by atoms with Gasteiger partial charge in [0, 0.05) is 0 Å². The quantitative estimate of drug-likeness (QED) is 0.654. The van der Waals surface area contributed by atoms with E-state index in [-0.39, 0.29) is 0 Å². The molecule has 60 valence electrons. The first-order chi connectivity index (χ1) is 5.24. The number of hydrogen-bond acceptors (Lipinski definition) is 4.